The highest BCUT2D eigenvalue weighted by Crippen LogP contribution is 2.33. The molecule has 3 rings (SSSR count). The van der Waals surface area contributed by atoms with Gasteiger partial charge in [-0.05, 0) is 48.7 Å². The molecule has 138 valence electrons. The van der Waals surface area contributed by atoms with Gasteiger partial charge in [0.15, 0.2) is 5.79 Å². The second-order valence-corrected chi connectivity index (χ2v) is 7.19. The van der Waals surface area contributed by atoms with Gasteiger partial charge >= 0.3 is 0 Å². The number of halogens is 2. The molecule has 0 spiro atoms. The van der Waals surface area contributed by atoms with E-state index in [0.717, 1.165) is 42.5 Å². The summed E-state index contributed by atoms with van der Waals surface area (Å²) in [5, 5.41) is 1.12. The van der Waals surface area contributed by atoms with Crippen LogP contribution >= 0.6 is 23.2 Å². The fraction of sp³-hybridized carbons (Fsp3) is 0.350. The van der Waals surface area contributed by atoms with E-state index in [9.17, 15) is 0 Å². The first kappa shape index (κ1) is 19.2. The van der Waals surface area contributed by atoms with Crippen LogP contribution in [0.3, 0.4) is 0 Å². The lowest BCUT2D eigenvalue weighted by Crippen LogP contribution is -2.41. The molecule has 0 bridgehead atoms. The number of nitrogens with one attached hydrogen (secondary N) is 1. The second-order valence-electron chi connectivity index (χ2n) is 6.35. The van der Waals surface area contributed by atoms with E-state index in [4.69, 9.17) is 32.8 Å². The third kappa shape index (κ3) is 4.77. The summed E-state index contributed by atoms with van der Waals surface area (Å²) in [4.78, 5) is 10.2. The number of benzene rings is 1. The van der Waals surface area contributed by atoms with Gasteiger partial charge in [-0.15, -0.1) is 0 Å². The second kappa shape index (κ2) is 8.87. The zero-order valence-electron chi connectivity index (χ0n) is 14.7. The largest absolute Gasteiger partial charge is 0.351 e. The minimum Gasteiger partial charge on any atom is -0.351 e. The summed E-state index contributed by atoms with van der Waals surface area (Å²) in [6.07, 6.45) is 10.5. The molecule has 1 aromatic carbocycles. The number of hydroxylamine groups is 1. The van der Waals surface area contributed by atoms with Crippen LogP contribution in [0.5, 0.6) is 0 Å². The molecule has 1 fully saturated rings. The summed E-state index contributed by atoms with van der Waals surface area (Å²) in [5.41, 5.74) is 5.53. The quantitative estimate of drug-likeness (QED) is 0.504. The maximum Gasteiger partial charge on any atom is 0.193 e. The lowest BCUT2D eigenvalue weighted by Gasteiger charge is -2.35. The van der Waals surface area contributed by atoms with Crippen molar-refractivity contribution < 1.29 is 9.57 Å². The minimum absolute atomic E-state index is 0.541. The van der Waals surface area contributed by atoms with Gasteiger partial charge in [-0.25, -0.2) is 4.84 Å². The molecule has 0 unspecified atom stereocenters. The maximum absolute atomic E-state index is 6.41. The predicted octanol–water partition coefficient (Wildman–Crippen LogP) is 5.71. The number of aromatic nitrogens is 1. The third-order valence-corrected chi connectivity index (χ3v) is 5.10. The fourth-order valence-electron chi connectivity index (χ4n) is 3.08. The molecule has 0 aliphatic heterocycles. The van der Waals surface area contributed by atoms with Gasteiger partial charge in [0, 0.05) is 42.9 Å². The van der Waals surface area contributed by atoms with E-state index in [1.165, 1.54) is 6.42 Å². The van der Waals surface area contributed by atoms with E-state index in [0.29, 0.717) is 10.0 Å². The Morgan fingerprint density at radius 3 is 2.65 bits per heavy atom. The lowest BCUT2D eigenvalue weighted by atomic mass is 9.94. The highest BCUT2D eigenvalue weighted by atomic mass is 35.5. The Morgan fingerprint density at radius 2 is 2.00 bits per heavy atom. The Hall–Kier alpha value is -1.59. The van der Waals surface area contributed by atoms with E-state index in [1.807, 2.05) is 24.3 Å². The molecule has 26 heavy (non-hydrogen) atoms. The van der Waals surface area contributed by atoms with Crippen LogP contribution in [-0.2, 0) is 9.57 Å². The summed E-state index contributed by atoms with van der Waals surface area (Å²) in [6, 6.07) is 9.22. The normalized spacial score (nSPS) is 17.1. The van der Waals surface area contributed by atoms with Crippen molar-refractivity contribution in [2.75, 3.05) is 7.11 Å². The first-order valence-electron chi connectivity index (χ1n) is 8.68. The average Bonchev–Trinajstić information content (AvgIpc) is 2.67. The molecule has 1 aromatic heterocycles. The van der Waals surface area contributed by atoms with Crippen molar-refractivity contribution in [2.45, 2.75) is 37.9 Å². The highest BCUT2D eigenvalue weighted by molar-refractivity contribution is 6.35. The Morgan fingerprint density at radius 1 is 1.19 bits per heavy atom. The zero-order chi connectivity index (χ0) is 18.4. The third-order valence-electron chi connectivity index (χ3n) is 4.55. The molecule has 1 N–H and O–H groups in total. The van der Waals surface area contributed by atoms with Gasteiger partial charge in [0.25, 0.3) is 0 Å². The molecule has 0 atom stereocenters. The first-order valence-corrected chi connectivity index (χ1v) is 9.44. The summed E-state index contributed by atoms with van der Waals surface area (Å²) >= 11 is 12.5. The van der Waals surface area contributed by atoms with Crippen LogP contribution in [0, 0.1) is 0 Å². The molecule has 4 nitrogen and oxygen atoms in total. The monoisotopic (exact) mass is 392 g/mol. The minimum atomic E-state index is -0.620. The maximum atomic E-state index is 6.41. The SMILES string of the molecule is COC1(ONC(=Cc2cccnc2)c2ccc(Cl)cc2Cl)CCCCC1. The summed E-state index contributed by atoms with van der Waals surface area (Å²) in [6.45, 7) is 0. The molecule has 0 amide bonds. The molecule has 2 aromatic rings. The van der Waals surface area contributed by atoms with Gasteiger partial charge < -0.3 is 4.74 Å². The smallest absolute Gasteiger partial charge is 0.193 e. The Labute approximate surface area is 164 Å². The van der Waals surface area contributed by atoms with E-state index in [2.05, 4.69) is 10.5 Å². The highest BCUT2D eigenvalue weighted by Gasteiger charge is 2.34. The zero-order valence-corrected chi connectivity index (χ0v) is 16.2. The van der Waals surface area contributed by atoms with E-state index in [1.54, 1.807) is 31.6 Å². The first-order chi connectivity index (χ1) is 12.6. The molecule has 1 heterocycles. The van der Waals surface area contributed by atoms with E-state index < -0.39 is 5.79 Å². The van der Waals surface area contributed by atoms with Crippen molar-refractivity contribution in [3.05, 3.63) is 63.9 Å². The molecule has 6 heteroatoms. The number of hydrogen-bond acceptors (Lipinski definition) is 4. The number of ether oxygens (including phenoxy) is 1. The molecular weight excluding hydrogens is 371 g/mol. The molecule has 0 radical (unpaired) electrons. The van der Waals surface area contributed by atoms with Crippen molar-refractivity contribution in [3.8, 4) is 0 Å². The van der Waals surface area contributed by atoms with Gasteiger partial charge in [0.1, 0.15) is 0 Å². The van der Waals surface area contributed by atoms with Gasteiger partial charge in [-0.3, -0.25) is 10.5 Å². The van der Waals surface area contributed by atoms with Crippen LogP contribution in [0.4, 0.5) is 0 Å². The number of methoxy groups -OCH3 is 1. The summed E-state index contributed by atoms with van der Waals surface area (Å²) in [5.74, 6) is -0.620. The van der Waals surface area contributed by atoms with Gasteiger partial charge in [-0.2, -0.15) is 0 Å². The topological polar surface area (TPSA) is 43.4 Å². The molecular formula is C20H22Cl2N2O2. The molecule has 1 saturated carbocycles. The Bertz CT molecular complexity index is 760. The van der Waals surface area contributed by atoms with Crippen molar-refractivity contribution in [3.63, 3.8) is 0 Å². The van der Waals surface area contributed by atoms with Gasteiger partial charge in [0.05, 0.1) is 10.7 Å². The van der Waals surface area contributed by atoms with Crippen LogP contribution in [0.2, 0.25) is 10.0 Å². The lowest BCUT2D eigenvalue weighted by molar-refractivity contribution is -0.259. The number of rotatable bonds is 6. The summed E-state index contributed by atoms with van der Waals surface area (Å²) in [7, 11) is 1.69. The summed E-state index contributed by atoms with van der Waals surface area (Å²) < 4.78 is 5.69. The van der Waals surface area contributed by atoms with Crippen molar-refractivity contribution in [1.29, 1.82) is 0 Å². The van der Waals surface area contributed by atoms with Crippen LogP contribution in [0.1, 0.15) is 43.2 Å². The average molecular weight is 393 g/mol. The van der Waals surface area contributed by atoms with Crippen LogP contribution < -0.4 is 5.48 Å². The standard InChI is InChI=1S/C20H22Cl2N2O2/c1-25-20(9-3-2-4-10-20)26-24-19(12-15-6-5-11-23-14-15)17-8-7-16(21)13-18(17)22/h5-8,11-14,24H,2-4,9-10H2,1H3. The number of nitrogens with zero attached hydrogens (tertiary/aromatic N) is 1. The van der Waals surface area contributed by atoms with Crippen molar-refractivity contribution >= 4 is 35.0 Å². The van der Waals surface area contributed by atoms with Crippen LogP contribution in [0.25, 0.3) is 11.8 Å². The number of pyridine rings is 1. The fourth-order valence-corrected chi connectivity index (χ4v) is 3.59. The molecule has 1 aliphatic carbocycles. The Kier molecular flexibility index (Phi) is 6.54. The predicted molar refractivity (Wildman–Crippen MR) is 106 cm³/mol. The van der Waals surface area contributed by atoms with Gasteiger partial charge in [0.2, 0.25) is 0 Å². The van der Waals surface area contributed by atoms with Crippen molar-refractivity contribution in [2.24, 2.45) is 0 Å². The molecule has 1 aliphatic rings. The number of hydrogen-bond donors (Lipinski definition) is 1. The van der Waals surface area contributed by atoms with Crippen LogP contribution in [-0.4, -0.2) is 17.9 Å². The van der Waals surface area contributed by atoms with Crippen LogP contribution in [0.15, 0.2) is 42.7 Å². The van der Waals surface area contributed by atoms with Crippen molar-refractivity contribution in [1.82, 2.24) is 10.5 Å². The van der Waals surface area contributed by atoms with E-state index >= 15 is 0 Å². The van der Waals surface area contributed by atoms with E-state index in [-0.39, 0.29) is 0 Å². The Balaban J connectivity index is 1.89. The molecule has 0 saturated heterocycles. The van der Waals surface area contributed by atoms with Gasteiger partial charge in [-0.1, -0.05) is 35.7 Å².